The third-order valence-electron chi connectivity index (χ3n) is 5.60. The largest absolute Gasteiger partial charge is 0.322 e. The Kier molecular flexibility index (Phi) is 5.63. The molecule has 1 aromatic heterocycles. The molecule has 0 atom stereocenters. The van der Waals surface area contributed by atoms with Gasteiger partial charge < -0.3 is 5.32 Å². The topological polar surface area (TPSA) is 42.0 Å². The number of hydrogen-bond acceptors (Lipinski definition) is 2. The Bertz CT molecular complexity index is 1330. The highest BCUT2D eigenvalue weighted by molar-refractivity contribution is 9.10. The number of carbonyl (C=O) groups excluding carboxylic acids is 1. The van der Waals surface area contributed by atoms with E-state index >= 15 is 0 Å². The first-order valence-electron chi connectivity index (χ1n) is 9.99. The van der Waals surface area contributed by atoms with Crippen LogP contribution < -0.4 is 5.32 Å². The number of carbonyl (C=O) groups is 1. The van der Waals surface area contributed by atoms with Crippen molar-refractivity contribution >= 4 is 38.4 Å². The number of anilines is 1. The minimum atomic E-state index is -0.310. The molecule has 1 heterocycles. The maximum Gasteiger partial charge on any atom is 0.256 e. The maximum atomic E-state index is 13.4. The molecule has 31 heavy (non-hydrogen) atoms. The Morgan fingerprint density at radius 1 is 0.935 bits per heavy atom. The average molecular weight is 477 g/mol. The number of nitrogens with one attached hydrogen (secondary N) is 1. The van der Waals surface area contributed by atoms with E-state index in [2.05, 4.69) is 21.2 Å². The van der Waals surface area contributed by atoms with Gasteiger partial charge in [-0.05, 0) is 92.9 Å². The lowest BCUT2D eigenvalue weighted by atomic mass is 9.99. The second-order valence-corrected chi connectivity index (χ2v) is 8.69. The summed E-state index contributed by atoms with van der Waals surface area (Å²) >= 11 is 3.53. The normalized spacial score (nSPS) is 11.0. The monoisotopic (exact) mass is 476 g/mol. The van der Waals surface area contributed by atoms with Gasteiger partial charge in [-0.3, -0.25) is 4.79 Å². The Morgan fingerprint density at radius 3 is 2.35 bits per heavy atom. The zero-order chi connectivity index (χ0) is 22.3. The molecule has 3 nitrogen and oxygen atoms in total. The summed E-state index contributed by atoms with van der Waals surface area (Å²) < 4.78 is 14.4. The predicted molar refractivity (Wildman–Crippen MR) is 128 cm³/mol. The maximum absolute atomic E-state index is 13.4. The molecule has 0 saturated heterocycles. The molecule has 0 aliphatic rings. The molecule has 5 heteroatoms. The molecule has 1 N–H and O–H groups in total. The van der Waals surface area contributed by atoms with Crippen LogP contribution in [0.4, 0.5) is 10.1 Å². The third-order valence-corrected chi connectivity index (χ3v) is 6.46. The second-order valence-electron chi connectivity index (χ2n) is 7.84. The zero-order valence-electron chi connectivity index (χ0n) is 17.8. The van der Waals surface area contributed by atoms with Gasteiger partial charge in [0.15, 0.2) is 0 Å². The van der Waals surface area contributed by atoms with Crippen LogP contribution in [0.3, 0.4) is 0 Å². The predicted octanol–water partition coefficient (Wildman–Crippen LogP) is 7.29. The summed E-state index contributed by atoms with van der Waals surface area (Å²) in [6, 6.07) is 15.8. The standard InChI is InChI=1S/C26H22BrFN2O/c1-14-11-15(2)25-20(12-14)21(13-24(29-25)18-5-7-19(28)8-6-18)26(31)30-23-10-9-22(27)16(3)17(23)4/h5-13H,1-4H3,(H,30,31). The SMILES string of the molecule is Cc1cc(C)c2nc(-c3ccc(F)cc3)cc(C(=O)Nc3ccc(Br)c(C)c3C)c2c1. The smallest absolute Gasteiger partial charge is 0.256 e. The van der Waals surface area contributed by atoms with Gasteiger partial charge in [-0.15, -0.1) is 0 Å². The highest BCUT2D eigenvalue weighted by Crippen LogP contribution is 2.30. The minimum absolute atomic E-state index is 0.203. The van der Waals surface area contributed by atoms with Crippen molar-refractivity contribution in [2.45, 2.75) is 27.7 Å². The van der Waals surface area contributed by atoms with Crippen molar-refractivity contribution in [1.82, 2.24) is 4.98 Å². The van der Waals surface area contributed by atoms with Crippen molar-refractivity contribution in [3.63, 3.8) is 0 Å². The minimum Gasteiger partial charge on any atom is -0.322 e. The van der Waals surface area contributed by atoms with Gasteiger partial charge in [-0.2, -0.15) is 0 Å². The molecular formula is C26H22BrFN2O. The number of pyridine rings is 1. The number of halogens is 2. The molecule has 4 aromatic rings. The molecule has 0 aliphatic carbocycles. The first-order valence-corrected chi connectivity index (χ1v) is 10.8. The Hall–Kier alpha value is -3.05. The third kappa shape index (κ3) is 4.10. The van der Waals surface area contributed by atoms with Crippen LogP contribution in [-0.4, -0.2) is 10.9 Å². The van der Waals surface area contributed by atoms with E-state index in [0.29, 0.717) is 11.3 Å². The van der Waals surface area contributed by atoms with Gasteiger partial charge in [-0.1, -0.05) is 27.6 Å². The summed E-state index contributed by atoms with van der Waals surface area (Å²) in [5.74, 6) is -0.513. The summed E-state index contributed by atoms with van der Waals surface area (Å²) in [5, 5.41) is 3.86. The van der Waals surface area contributed by atoms with Gasteiger partial charge in [0.25, 0.3) is 5.91 Å². The zero-order valence-corrected chi connectivity index (χ0v) is 19.4. The van der Waals surface area contributed by atoms with Crippen molar-refractivity contribution in [2.24, 2.45) is 0 Å². The van der Waals surface area contributed by atoms with Gasteiger partial charge in [-0.25, -0.2) is 9.37 Å². The van der Waals surface area contributed by atoms with Crippen LogP contribution in [-0.2, 0) is 0 Å². The van der Waals surface area contributed by atoms with E-state index in [4.69, 9.17) is 4.98 Å². The number of benzene rings is 3. The van der Waals surface area contributed by atoms with E-state index in [1.807, 2.05) is 52.0 Å². The van der Waals surface area contributed by atoms with Crippen LogP contribution in [0.2, 0.25) is 0 Å². The molecule has 1 amide bonds. The molecule has 0 saturated carbocycles. The van der Waals surface area contributed by atoms with E-state index in [0.717, 1.165) is 48.9 Å². The Balaban J connectivity index is 1.88. The Morgan fingerprint density at radius 2 is 1.65 bits per heavy atom. The van der Waals surface area contributed by atoms with Crippen molar-refractivity contribution in [3.05, 3.63) is 92.7 Å². The van der Waals surface area contributed by atoms with Gasteiger partial charge in [0, 0.05) is 21.1 Å². The van der Waals surface area contributed by atoms with E-state index in [1.54, 1.807) is 18.2 Å². The summed E-state index contributed by atoms with van der Waals surface area (Å²) in [7, 11) is 0. The number of hydrogen-bond donors (Lipinski definition) is 1. The quantitative estimate of drug-likeness (QED) is 0.337. The fourth-order valence-corrected chi connectivity index (χ4v) is 4.18. The van der Waals surface area contributed by atoms with E-state index in [1.165, 1.54) is 12.1 Å². The number of aryl methyl sites for hydroxylation is 2. The molecule has 0 radical (unpaired) electrons. The highest BCUT2D eigenvalue weighted by Gasteiger charge is 2.17. The van der Waals surface area contributed by atoms with E-state index in [9.17, 15) is 9.18 Å². The van der Waals surface area contributed by atoms with Crippen LogP contribution in [0.1, 0.15) is 32.6 Å². The van der Waals surface area contributed by atoms with Crippen LogP contribution in [0, 0.1) is 33.5 Å². The molecule has 3 aromatic carbocycles. The van der Waals surface area contributed by atoms with Crippen LogP contribution >= 0.6 is 15.9 Å². The summed E-state index contributed by atoms with van der Waals surface area (Å²) in [4.78, 5) is 18.2. The van der Waals surface area contributed by atoms with Gasteiger partial charge in [0.1, 0.15) is 5.82 Å². The lowest BCUT2D eigenvalue weighted by Gasteiger charge is -2.15. The van der Waals surface area contributed by atoms with Crippen LogP contribution in [0.25, 0.3) is 22.2 Å². The highest BCUT2D eigenvalue weighted by atomic mass is 79.9. The lowest BCUT2D eigenvalue weighted by molar-refractivity contribution is 0.102. The fraction of sp³-hybridized carbons (Fsp3) is 0.154. The van der Waals surface area contributed by atoms with Crippen LogP contribution in [0.5, 0.6) is 0 Å². The summed E-state index contributed by atoms with van der Waals surface area (Å²) in [6.45, 7) is 7.99. The van der Waals surface area contributed by atoms with Gasteiger partial charge >= 0.3 is 0 Å². The molecule has 4 rings (SSSR count). The molecule has 0 fully saturated rings. The summed E-state index contributed by atoms with van der Waals surface area (Å²) in [6.07, 6.45) is 0. The number of aromatic nitrogens is 1. The molecule has 156 valence electrons. The van der Waals surface area contributed by atoms with Crippen molar-refractivity contribution < 1.29 is 9.18 Å². The molecular weight excluding hydrogens is 455 g/mol. The average Bonchev–Trinajstić information content (AvgIpc) is 2.74. The number of amides is 1. The van der Waals surface area contributed by atoms with Crippen molar-refractivity contribution in [1.29, 1.82) is 0 Å². The Labute approximate surface area is 189 Å². The summed E-state index contributed by atoms with van der Waals surface area (Å²) in [5.41, 5.74) is 7.60. The van der Waals surface area contributed by atoms with Crippen molar-refractivity contribution in [2.75, 3.05) is 5.32 Å². The number of rotatable bonds is 3. The molecule has 0 spiro atoms. The molecule has 0 bridgehead atoms. The van der Waals surface area contributed by atoms with E-state index < -0.39 is 0 Å². The fourth-order valence-electron chi connectivity index (χ4n) is 3.75. The van der Waals surface area contributed by atoms with Crippen molar-refractivity contribution in [3.8, 4) is 11.3 Å². The van der Waals surface area contributed by atoms with E-state index in [-0.39, 0.29) is 11.7 Å². The van der Waals surface area contributed by atoms with Gasteiger partial charge in [0.2, 0.25) is 0 Å². The second kappa shape index (κ2) is 8.23. The van der Waals surface area contributed by atoms with Gasteiger partial charge in [0.05, 0.1) is 16.8 Å². The molecule has 0 aliphatic heterocycles. The first kappa shape index (κ1) is 21.2. The first-order chi connectivity index (χ1) is 14.7. The lowest BCUT2D eigenvalue weighted by Crippen LogP contribution is -2.14. The number of fused-ring (bicyclic) bond motifs is 1. The van der Waals surface area contributed by atoms with Crippen LogP contribution in [0.15, 0.2) is 59.1 Å². The number of nitrogens with zero attached hydrogens (tertiary/aromatic N) is 1. The molecule has 0 unspecified atom stereocenters.